The minimum Gasteiger partial charge on any atom is -0.497 e. The molecule has 3 aromatic carbocycles. The van der Waals surface area contributed by atoms with Crippen LogP contribution in [0.15, 0.2) is 54.6 Å². The lowest BCUT2D eigenvalue weighted by molar-refractivity contribution is 0.0724. The summed E-state index contributed by atoms with van der Waals surface area (Å²) in [4.78, 5) is 27.3. The van der Waals surface area contributed by atoms with E-state index in [-0.39, 0.29) is 5.91 Å². The van der Waals surface area contributed by atoms with E-state index in [2.05, 4.69) is 6.07 Å². The number of hydrogen-bond acceptors (Lipinski definition) is 3. The van der Waals surface area contributed by atoms with Gasteiger partial charge in [-0.25, -0.2) is 0 Å². The van der Waals surface area contributed by atoms with Crippen molar-refractivity contribution in [2.24, 2.45) is 5.73 Å². The largest absolute Gasteiger partial charge is 0.497 e. The van der Waals surface area contributed by atoms with E-state index in [9.17, 15) is 9.59 Å². The summed E-state index contributed by atoms with van der Waals surface area (Å²) in [6.07, 6.45) is 3.92. The van der Waals surface area contributed by atoms with Gasteiger partial charge in [-0.3, -0.25) is 9.59 Å². The Morgan fingerprint density at radius 1 is 0.906 bits per heavy atom. The molecule has 162 valence electrons. The number of methoxy groups -OCH3 is 1. The van der Waals surface area contributed by atoms with Crippen LogP contribution in [0.3, 0.4) is 0 Å². The second-order valence-corrected chi connectivity index (χ2v) is 8.55. The van der Waals surface area contributed by atoms with Crippen LogP contribution in [0.5, 0.6) is 5.75 Å². The number of carbonyl (C=O) groups excluding carboxylic acids is 2. The number of likely N-dealkylation sites (tertiary alicyclic amines) is 1. The monoisotopic (exact) mass is 426 g/mol. The number of carbonyl (C=O) groups is 2. The lowest BCUT2D eigenvalue weighted by Crippen LogP contribution is -2.35. The Morgan fingerprint density at radius 2 is 1.72 bits per heavy atom. The van der Waals surface area contributed by atoms with Crippen molar-refractivity contribution < 1.29 is 14.3 Å². The Balaban J connectivity index is 1.56. The van der Waals surface area contributed by atoms with Crippen LogP contribution in [0, 0.1) is 0 Å². The number of fused-ring (bicyclic) bond motifs is 3. The van der Waals surface area contributed by atoms with E-state index in [4.69, 9.17) is 10.5 Å². The fourth-order valence-corrected chi connectivity index (χ4v) is 4.90. The first-order chi connectivity index (χ1) is 15.5. The van der Waals surface area contributed by atoms with Crippen molar-refractivity contribution in [1.29, 1.82) is 0 Å². The summed E-state index contributed by atoms with van der Waals surface area (Å²) in [7, 11) is 1.63. The van der Waals surface area contributed by atoms with Gasteiger partial charge < -0.3 is 15.4 Å². The Morgan fingerprint density at radius 3 is 2.47 bits per heavy atom. The molecule has 0 unspecified atom stereocenters. The van der Waals surface area contributed by atoms with Crippen molar-refractivity contribution in [3.63, 3.8) is 0 Å². The summed E-state index contributed by atoms with van der Waals surface area (Å²) in [5.74, 6) is 0.406. The summed E-state index contributed by atoms with van der Waals surface area (Å²) in [6.45, 7) is 1.65. The molecule has 32 heavy (non-hydrogen) atoms. The number of benzene rings is 3. The van der Waals surface area contributed by atoms with Crippen LogP contribution in [0.1, 0.15) is 51.1 Å². The molecule has 2 N–H and O–H groups in total. The van der Waals surface area contributed by atoms with Crippen LogP contribution in [0.2, 0.25) is 0 Å². The molecule has 0 radical (unpaired) electrons. The minimum absolute atomic E-state index is 0.0932. The smallest absolute Gasteiger partial charge is 0.253 e. The third-order valence-corrected chi connectivity index (χ3v) is 6.57. The first-order valence-electron chi connectivity index (χ1n) is 11.1. The average molecular weight is 427 g/mol. The molecule has 0 spiro atoms. The number of amides is 2. The highest BCUT2D eigenvalue weighted by atomic mass is 16.5. The van der Waals surface area contributed by atoms with E-state index in [0.717, 1.165) is 65.1 Å². The van der Waals surface area contributed by atoms with Crippen LogP contribution in [0.4, 0.5) is 0 Å². The van der Waals surface area contributed by atoms with Gasteiger partial charge in [0, 0.05) is 24.2 Å². The standard InChI is InChI=1S/C27H26N2O3/c1-32-21-7-5-6-17(13-21)19-14-23-22-9-8-18(27(31)29-10-3-2-4-11-29)12-20(22)16-24(23)25(15-19)26(28)30/h5-9,12-15H,2-4,10-11,16H2,1H3,(H2,28,30). The van der Waals surface area contributed by atoms with Crippen molar-refractivity contribution in [2.75, 3.05) is 20.2 Å². The second kappa shape index (κ2) is 8.15. The highest BCUT2D eigenvalue weighted by Crippen LogP contribution is 2.42. The minimum atomic E-state index is -0.441. The SMILES string of the molecule is COc1cccc(-c2cc(C(N)=O)c3c(c2)-c2ccc(C(=O)N4CCCCC4)cc2C3)c1. The molecule has 2 aliphatic rings. The van der Waals surface area contributed by atoms with Crippen molar-refractivity contribution in [3.05, 3.63) is 76.9 Å². The zero-order valence-electron chi connectivity index (χ0n) is 18.2. The number of piperidine rings is 1. The maximum atomic E-state index is 13.0. The van der Waals surface area contributed by atoms with Gasteiger partial charge in [-0.1, -0.05) is 18.2 Å². The van der Waals surface area contributed by atoms with Crippen LogP contribution in [-0.4, -0.2) is 36.9 Å². The third kappa shape index (κ3) is 3.54. The van der Waals surface area contributed by atoms with E-state index in [1.54, 1.807) is 7.11 Å². The molecule has 0 atom stereocenters. The van der Waals surface area contributed by atoms with Gasteiger partial charge in [0.25, 0.3) is 5.91 Å². The van der Waals surface area contributed by atoms with Crippen LogP contribution in [-0.2, 0) is 6.42 Å². The first-order valence-corrected chi connectivity index (χ1v) is 11.1. The Hall–Kier alpha value is -3.60. The Kier molecular flexibility index (Phi) is 5.17. The molecule has 2 amide bonds. The normalized spacial score (nSPS) is 14.6. The van der Waals surface area contributed by atoms with Gasteiger partial charge >= 0.3 is 0 Å². The fraction of sp³-hybridized carbons (Fsp3) is 0.259. The molecule has 0 aromatic heterocycles. The molecule has 1 aliphatic heterocycles. The first kappa shape index (κ1) is 20.3. The second-order valence-electron chi connectivity index (χ2n) is 8.55. The molecule has 0 saturated carbocycles. The maximum absolute atomic E-state index is 13.0. The molecule has 5 heteroatoms. The van der Waals surface area contributed by atoms with Crippen LogP contribution >= 0.6 is 0 Å². The number of ether oxygens (including phenoxy) is 1. The summed E-state index contributed by atoms with van der Waals surface area (Å²) in [6, 6.07) is 17.6. The molecule has 0 bridgehead atoms. The zero-order chi connectivity index (χ0) is 22.2. The van der Waals surface area contributed by atoms with Crippen molar-refractivity contribution in [3.8, 4) is 28.0 Å². The molecule has 1 fully saturated rings. The number of nitrogens with zero attached hydrogens (tertiary/aromatic N) is 1. The molecule has 1 saturated heterocycles. The highest BCUT2D eigenvalue weighted by molar-refractivity contribution is 6.01. The zero-order valence-corrected chi connectivity index (χ0v) is 18.2. The number of primary amides is 1. The van der Waals surface area contributed by atoms with Gasteiger partial charge in [0.2, 0.25) is 5.91 Å². The maximum Gasteiger partial charge on any atom is 0.253 e. The molecule has 3 aromatic rings. The van der Waals surface area contributed by atoms with Gasteiger partial charge in [0.05, 0.1) is 7.11 Å². The summed E-state index contributed by atoms with van der Waals surface area (Å²) < 4.78 is 5.36. The molecule has 1 heterocycles. The van der Waals surface area contributed by atoms with E-state index >= 15 is 0 Å². The van der Waals surface area contributed by atoms with Gasteiger partial charge in [0.1, 0.15) is 5.75 Å². The van der Waals surface area contributed by atoms with Gasteiger partial charge in [-0.15, -0.1) is 0 Å². The molecule has 1 aliphatic carbocycles. The van der Waals surface area contributed by atoms with Crippen molar-refractivity contribution in [1.82, 2.24) is 4.90 Å². The highest BCUT2D eigenvalue weighted by Gasteiger charge is 2.26. The number of hydrogen-bond donors (Lipinski definition) is 1. The molecule has 5 rings (SSSR count). The van der Waals surface area contributed by atoms with E-state index in [0.29, 0.717) is 17.5 Å². The van der Waals surface area contributed by atoms with Gasteiger partial charge in [0.15, 0.2) is 0 Å². The van der Waals surface area contributed by atoms with Gasteiger partial charge in [-0.2, -0.15) is 0 Å². The van der Waals surface area contributed by atoms with Gasteiger partial charge in [-0.05, 0) is 95.5 Å². The summed E-state index contributed by atoms with van der Waals surface area (Å²) in [5, 5.41) is 0. The fourth-order valence-electron chi connectivity index (χ4n) is 4.90. The predicted molar refractivity (Wildman–Crippen MR) is 125 cm³/mol. The number of rotatable bonds is 4. The summed E-state index contributed by atoms with van der Waals surface area (Å²) >= 11 is 0. The summed E-state index contributed by atoms with van der Waals surface area (Å²) in [5.41, 5.74) is 13.0. The lowest BCUT2D eigenvalue weighted by atomic mass is 9.94. The topological polar surface area (TPSA) is 72.6 Å². The predicted octanol–water partition coefficient (Wildman–Crippen LogP) is 4.66. The third-order valence-electron chi connectivity index (χ3n) is 6.57. The van der Waals surface area contributed by atoms with Crippen LogP contribution < -0.4 is 10.5 Å². The Labute approximate surface area is 187 Å². The van der Waals surface area contributed by atoms with Crippen molar-refractivity contribution in [2.45, 2.75) is 25.7 Å². The van der Waals surface area contributed by atoms with E-state index in [1.807, 2.05) is 53.4 Å². The number of nitrogens with two attached hydrogens (primary N) is 1. The molecular weight excluding hydrogens is 400 g/mol. The van der Waals surface area contributed by atoms with Crippen LogP contribution in [0.25, 0.3) is 22.3 Å². The Bertz CT molecular complexity index is 1230. The lowest BCUT2D eigenvalue weighted by Gasteiger charge is -2.26. The van der Waals surface area contributed by atoms with Crippen molar-refractivity contribution >= 4 is 11.8 Å². The van der Waals surface area contributed by atoms with E-state index in [1.165, 1.54) is 6.42 Å². The average Bonchev–Trinajstić information content (AvgIpc) is 3.21. The quantitative estimate of drug-likeness (QED) is 0.516. The molecule has 5 nitrogen and oxygen atoms in total. The molecular formula is C27H26N2O3. The van der Waals surface area contributed by atoms with E-state index < -0.39 is 5.91 Å².